The van der Waals surface area contributed by atoms with Crippen molar-refractivity contribution in [3.8, 4) is 66.8 Å². The Balaban J connectivity index is 0.964. The van der Waals surface area contributed by atoms with Crippen molar-refractivity contribution in [1.29, 1.82) is 0 Å². The van der Waals surface area contributed by atoms with Gasteiger partial charge in [-0.15, -0.1) is 0 Å². The van der Waals surface area contributed by atoms with E-state index in [0.29, 0.717) is 0 Å². The van der Waals surface area contributed by atoms with Crippen LogP contribution < -0.4 is 0 Å². The summed E-state index contributed by atoms with van der Waals surface area (Å²) in [6.45, 7) is 17.2. The third-order valence-corrected chi connectivity index (χ3v) is 21.6. The van der Waals surface area contributed by atoms with E-state index in [1.54, 1.807) is 11.1 Å². The molecule has 0 radical (unpaired) electrons. The number of rotatable bonds is 17. The first-order chi connectivity index (χ1) is 41.5. The molecule has 4 aliphatic carbocycles. The summed E-state index contributed by atoms with van der Waals surface area (Å²) in [5.41, 5.74) is 30.1. The standard InChI is InChI=1S/C83H80N2/c1-8-10-12-14-16-26-41-83(42-27-17-15-13-11-9-2)72-50-63-62-47-68-66(76-74(80(68,3)4)45-60(54-31-20-18-21-32-54)58-39-29-43-84-78(58)76)51-71(62)82(7,55-35-22-19-23-36-55)70(63)49-65(72)64-48-69-67(52-73(64)83)77-75(81(69,5)6)46-61(59-40-30-44-85-79(59)77)57-38-28-34-53-33-24-25-37-56(53)57/h18-25,28-40,43-52H,8-17,26-27,41-42H2,1-7H3. The van der Waals surface area contributed by atoms with Crippen LogP contribution in [0.5, 0.6) is 0 Å². The molecule has 2 nitrogen and oxygen atoms in total. The van der Waals surface area contributed by atoms with Gasteiger partial charge in [0.2, 0.25) is 0 Å². The lowest BCUT2D eigenvalue weighted by molar-refractivity contribution is 0.398. The van der Waals surface area contributed by atoms with Crippen LogP contribution in [0.4, 0.5) is 0 Å². The van der Waals surface area contributed by atoms with Gasteiger partial charge in [-0.1, -0.05) is 234 Å². The number of hydrogen-bond acceptors (Lipinski definition) is 2. The van der Waals surface area contributed by atoms with Crippen LogP contribution in [0.1, 0.15) is 188 Å². The fraction of sp³-hybridized carbons (Fsp3) is 0.301. The van der Waals surface area contributed by atoms with Crippen molar-refractivity contribution in [2.45, 2.75) is 160 Å². The summed E-state index contributed by atoms with van der Waals surface area (Å²) < 4.78 is 0. The number of hydrogen-bond donors (Lipinski definition) is 0. The van der Waals surface area contributed by atoms with Crippen molar-refractivity contribution in [2.24, 2.45) is 0 Å². The zero-order chi connectivity index (χ0) is 57.8. The monoisotopic (exact) mass is 1100 g/mol. The fourth-order valence-corrected chi connectivity index (χ4v) is 17.1. The van der Waals surface area contributed by atoms with E-state index in [9.17, 15) is 0 Å². The topological polar surface area (TPSA) is 25.8 Å². The van der Waals surface area contributed by atoms with Gasteiger partial charge in [-0.2, -0.15) is 0 Å². The molecule has 0 bridgehead atoms. The maximum absolute atomic E-state index is 5.41. The average molecular weight is 1110 g/mol. The Kier molecular flexibility index (Phi) is 13.1. The highest BCUT2D eigenvalue weighted by molar-refractivity contribution is 6.12. The molecule has 0 fully saturated rings. The second-order valence-corrected chi connectivity index (χ2v) is 27.1. The number of unbranched alkanes of at least 4 members (excludes halogenated alkanes) is 10. The van der Waals surface area contributed by atoms with Crippen molar-refractivity contribution in [3.63, 3.8) is 0 Å². The molecule has 4 aliphatic rings. The second-order valence-electron chi connectivity index (χ2n) is 27.1. The summed E-state index contributed by atoms with van der Waals surface area (Å²) in [4.78, 5) is 10.7. The van der Waals surface area contributed by atoms with Gasteiger partial charge in [0.05, 0.1) is 11.0 Å². The summed E-state index contributed by atoms with van der Waals surface area (Å²) in [6.07, 6.45) is 21.7. The molecule has 9 aromatic carbocycles. The van der Waals surface area contributed by atoms with Crippen LogP contribution >= 0.6 is 0 Å². The van der Waals surface area contributed by atoms with Gasteiger partial charge in [0.15, 0.2) is 0 Å². The van der Waals surface area contributed by atoms with Crippen LogP contribution in [0.25, 0.3) is 99.3 Å². The quantitative estimate of drug-likeness (QED) is 0.0849. The maximum atomic E-state index is 5.41. The lowest BCUT2D eigenvalue weighted by Gasteiger charge is -2.34. The number of fused-ring (bicyclic) bond motifs is 17. The van der Waals surface area contributed by atoms with Gasteiger partial charge in [0, 0.05) is 56.0 Å². The van der Waals surface area contributed by atoms with Gasteiger partial charge in [0.1, 0.15) is 0 Å². The SMILES string of the molecule is CCCCCCCCC1(CCCCCCCC)c2cc3c(cc2-c2cc4c(cc21)-c1cc2c(cc1C4(C)c1ccccc1)-c1c(cc(-c4ccccc4)c4cccnc14)C2(C)C)C(C)(C)c1cc(-c2cccc4ccccc24)c2cccnc2c1-3. The predicted molar refractivity (Wildman–Crippen MR) is 360 cm³/mol. The van der Waals surface area contributed by atoms with Crippen LogP contribution in [0, 0.1) is 0 Å². The molecule has 1 unspecified atom stereocenters. The molecular formula is C83H80N2. The number of nitrogens with zero attached hydrogens (tertiary/aromatic N) is 2. The first kappa shape index (κ1) is 53.8. The second kappa shape index (κ2) is 20.6. The van der Waals surface area contributed by atoms with Crippen LogP contribution in [0.2, 0.25) is 0 Å². The Bertz CT molecular complexity index is 4440. The van der Waals surface area contributed by atoms with Crippen LogP contribution in [-0.2, 0) is 21.7 Å². The smallest absolute Gasteiger partial charge is 0.0789 e. The summed E-state index contributed by atoms with van der Waals surface area (Å²) in [6, 6.07) is 68.4. The summed E-state index contributed by atoms with van der Waals surface area (Å²) in [5, 5.41) is 4.98. The normalized spacial score (nSPS) is 16.7. The van der Waals surface area contributed by atoms with Gasteiger partial charge in [-0.3, -0.25) is 9.97 Å². The zero-order valence-electron chi connectivity index (χ0n) is 51.2. The summed E-state index contributed by atoms with van der Waals surface area (Å²) in [5.74, 6) is 0. The molecule has 0 saturated carbocycles. The molecule has 0 N–H and O–H groups in total. The zero-order valence-corrected chi connectivity index (χ0v) is 51.2. The van der Waals surface area contributed by atoms with E-state index in [1.165, 1.54) is 204 Å². The van der Waals surface area contributed by atoms with Crippen molar-refractivity contribution in [3.05, 3.63) is 238 Å². The minimum atomic E-state index is -0.422. The predicted octanol–water partition coefficient (Wildman–Crippen LogP) is 23.0. The molecule has 2 aromatic heterocycles. The van der Waals surface area contributed by atoms with Gasteiger partial charge in [0.25, 0.3) is 0 Å². The molecule has 422 valence electrons. The largest absolute Gasteiger partial charge is 0.256 e. The molecule has 85 heavy (non-hydrogen) atoms. The third kappa shape index (κ3) is 8.09. The van der Waals surface area contributed by atoms with Crippen molar-refractivity contribution >= 4 is 32.6 Å². The summed E-state index contributed by atoms with van der Waals surface area (Å²) in [7, 11) is 0. The highest BCUT2D eigenvalue weighted by atomic mass is 14.7. The molecule has 2 heteroatoms. The Morgan fingerprint density at radius 1 is 0.318 bits per heavy atom. The molecule has 11 aromatic rings. The molecule has 0 spiro atoms. The summed E-state index contributed by atoms with van der Waals surface area (Å²) >= 11 is 0. The molecular weight excluding hydrogens is 1020 g/mol. The molecule has 0 amide bonds. The first-order valence-corrected chi connectivity index (χ1v) is 32.5. The molecule has 2 heterocycles. The molecule has 0 saturated heterocycles. The molecule has 15 rings (SSSR count). The minimum absolute atomic E-state index is 0.153. The van der Waals surface area contributed by atoms with E-state index >= 15 is 0 Å². The van der Waals surface area contributed by atoms with E-state index in [2.05, 4.69) is 224 Å². The first-order valence-electron chi connectivity index (χ1n) is 32.5. The number of pyridine rings is 2. The Labute approximate surface area is 504 Å². The lowest BCUT2D eigenvalue weighted by Crippen LogP contribution is -2.26. The van der Waals surface area contributed by atoms with E-state index in [-0.39, 0.29) is 16.2 Å². The van der Waals surface area contributed by atoms with Gasteiger partial charge in [-0.25, -0.2) is 0 Å². The van der Waals surface area contributed by atoms with Crippen molar-refractivity contribution in [2.75, 3.05) is 0 Å². The van der Waals surface area contributed by atoms with E-state index < -0.39 is 5.41 Å². The Morgan fingerprint density at radius 3 is 1.33 bits per heavy atom. The molecule has 1 atom stereocenters. The van der Waals surface area contributed by atoms with E-state index in [0.717, 1.165) is 23.9 Å². The van der Waals surface area contributed by atoms with Crippen LogP contribution in [0.3, 0.4) is 0 Å². The van der Waals surface area contributed by atoms with Crippen molar-refractivity contribution < 1.29 is 0 Å². The van der Waals surface area contributed by atoms with E-state index in [4.69, 9.17) is 9.97 Å². The Hall–Kier alpha value is -7.94. The highest BCUT2D eigenvalue weighted by Crippen LogP contribution is 2.65. The average Bonchev–Trinajstić information content (AvgIpc) is 1.58. The van der Waals surface area contributed by atoms with Gasteiger partial charge >= 0.3 is 0 Å². The van der Waals surface area contributed by atoms with Gasteiger partial charge in [-0.05, 0) is 197 Å². The van der Waals surface area contributed by atoms with Gasteiger partial charge < -0.3 is 0 Å². The van der Waals surface area contributed by atoms with Crippen LogP contribution in [0.15, 0.2) is 188 Å². The number of aromatic nitrogens is 2. The third-order valence-electron chi connectivity index (χ3n) is 21.6. The highest BCUT2D eigenvalue weighted by Gasteiger charge is 2.51. The molecule has 0 aliphatic heterocycles. The maximum Gasteiger partial charge on any atom is 0.0789 e. The lowest BCUT2D eigenvalue weighted by atomic mass is 9.69. The van der Waals surface area contributed by atoms with E-state index in [1.807, 2.05) is 12.4 Å². The van der Waals surface area contributed by atoms with Crippen LogP contribution in [-0.4, -0.2) is 9.97 Å². The van der Waals surface area contributed by atoms with Crippen molar-refractivity contribution in [1.82, 2.24) is 9.97 Å². The fourth-order valence-electron chi connectivity index (χ4n) is 17.1. The Morgan fingerprint density at radius 2 is 0.741 bits per heavy atom. The number of benzene rings is 9. The minimum Gasteiger partial charge on any atom is -0.256 e.